The summed E-state index contributed by atoms with van der Waals surface area (Å²) in [5.41, 5.74) is 0.537. The second-order valence-corrected chi connectivity index (χ2v) is 9.36. The van der Waals surface area contributed by atoms with Crippen LogP contribution in [0.1, 0.15) is 33.1 Å². The van der Waals surface area contributed by atoms with Gasteiger partial charge in [0.1, 0.15) is 12.3 Å². The minimum Gasteiger partial charge on any atom is -0.477 e. The van der Waals surface area contributed by atoms with Crippen molar-refractivity contribution in [1.29, 1.82) is 0 Å². The second kappa shape index (κ2) is 8.32. The van der Waals surface area contributed by atoms with Crippen molar-refractivity contribution in [2.45, 2.75) is 45.3 Å². The molecule has 8 heteroatoms. The normalized spacial score (nSPS) is 29.4. The van der Waals surface area contributed by atoms with E-state index in [1.165, 1.54) is 4.90 Å². The predicted octanol–water partition coefficient (Wildman–Crippen LogP) is 1.89. The molecule has 1 N–H and O–H groups in total. The van der Waals surface area contributed by atoms with Gasteiger partial charge < -0.3 is 15.0 Å². The Morgan fingerprint density at radius 1 is 1.06 bits per heavy atom. The molecule has 1 aromatic rings. The third-order valence-electron chi connectivity index (χ3n) is 7.55. The molecule has 2 aliphatic carbocycles. The number of fused-ring (bicyclic) bond motifs is 6. The molecular formula is C25H29N3O5. The van der Waals surface area contributed by atoms with Crippen LogP contribution in [0.5, 0.6) is 5.75 Å². The SMILES string of the molecule is CCC(CC)NC(=O)C1CN(C(=O)CN2C(=O)C3C4C=CC(C4)C3C2=O)c2ccccc2O1. The highest BCUT2D eigenvalue weighted by molar-refractivity contribution is 6.10. The van der Waals surface area contributed by atoms with Crippen LogP contribution in [0.25, 0.3) is 0 Å². The number of hydrogen-bond donors (Lipinski definition) is 1. The van der Waals surface area contributed by atoms with Gasteiger partial charge in [-0.1, -0.05) is 38.1 Å². The zero-order chi connectivity index (χ0) is 23.3. The average Bonchev–Trinajstić information content (AvgIpc) is 3.51. The summed E-state index contributed by atoms with van der Waals surface area (Å²) in [5, 5.41) is 2.98. The largest absolute Gasteiger partial charge is 0.477 e. The fourth-order valence-electron chi connectivity index (χ4n) is 5.73. The van der Waals surface area contributed by atoms with Gasteiger partial charge in [0.2, 0.25) is 17.7 Å². The topological polar surface area (TPSA) is 96.0 Å². The van der Waals surface area contributed by atoms with Gasteiger partial charge in [0, 0.05) is 6.04 Å². The van der Waals surface area contributed by atoms with E-state index in [9.17, 15) is 19.2 Å². The smallest absolute Gasteiger partial charge is 0.263 e. The molecule has 0 aromatic heterocycles. The Hall–Kier alpha value is -3.16. The molecule has 2 heterocycles. The summed E-state index contributed by atoms with van der Waals surface area (Å²) in [6.07, 6.45) is 5.64. The highest BCUT2D eigenvalue weighted by Crippen LogP contribution is 2.52. The van der Waals surface area contributed by atoms with Crippen molar-refractivity contribution in [3.05, 3.63) is 36.4 Å². The number of carbonyl (C=O) groups is 4. The Morgan fingerprint density at radius 2 is 1.70 bits per heavy atom. The zero-order valence-electron chi connectivity index (χ0n) is 18.9. The number of ether oxygens (including phenoxy) is 1. The van der Waals surface area contributed by atoms with Gasteiger partial charge in [-0.05, 0) is 43.2 Å². The Bertz CT molecular complexity index is 1000. The van der Waals surface area contributed by atoms with Gasteiger partial charge in [0.15, 0.2) is 6.10 Å². The third-order valence-corrected chi connectivity index (χ3v) is 7.55. The molecule has 1 saturated carbocycles. The van der Waals surface area contributed by atoms with Crippen molar-refractivity contribution in [2.24, 2.45) is 23.7 Å². The van der Waals surface area contributed by atoms with Crippen LogP contribution in [0.3, 0.4) is 0 Å². The Kier molecular flexibility index (Phi) is 5.46. The van der Waals surface area contributed by atoms with E-state index in [-0.39, 0.29) is 60.5 Å². The predicted molar refractivity (Wildman–Crippen MR) is 120 cm³/mol. The minimum atomic E-state index is -0.867. The van der Waals surface area contributed by atoms with Crippen molar-refractivity contribution in [3.63, 3.8) is 0 Å². The molecule has 2 aliphatic heterocycles. The zero-order valence-corrected chi connectivity index (χ0v) is 18.9. The van der Waals surface area contributed by atoms with E-state index < -0.39 is 12.0 Å². The molecule has 5 unspecified atom stereocenters. The maximum absolute atomic E-state index is 13.4. The van der Waals surface area contributed by atoms with Crippen LogP contribution in [-0.2, 0) is 19.2 Å². The second-order valence-electron chi connectivity index (χ2n) is 9.36. The maximum atomic E-state index is 13.4. The van der Waals surface area contributed by atoms with Crippen molar-refractivity contribution in [3.8, 4) is 5.75 Å². The van der Waals surface area contributed by atoms with Gasteiger partial charge >= 0.3 is 0 Å². The van der Waals surface area contributed by atoms with Crippen LogP contribution in [0.4, 0.5) is 5.69 Å². The quantitative estimate of drug-likeness (QED) is 0.526. The number of likely N-dealkylation sites (tertiary alicyclic amines) is 1. The van der Waals surface area contributed by atoms with E-state index in [1.54, 1.807) is 24.3 Å². The van der Waals surface area contributed by atoms with E-state index in [0.717, 1.165) is 24.2 Å². The summed E-state index contributed by atoms with van der Waals surface area (Å²) in [4.78, 5) is 54.9. The van der Waals surface area contributed by atoms with Gasteiger partial charge in [-0.2, -0.15) is 0 Å². The number of para-hydroxylation sites is 2. The number of nitrogens with zero attached hydrogens (tertiary/aromatic N) is 2. The number of rotatable bonds is 6. The molecule has 2 bridgehead atoms. The Labute approximate surface area is 192 Å². The molecule has 1 saturated heterocycles. The minimum absolute atomic E-state index is 0.0255. The van der Waals surface area contributed by atoms with Gasteiger partial charge in [0.25, 0.3) is 5.91 Å². The van der Waals surface area contributed by atoms with E-state index in [4.69, 9.17) is 4.74 Å². The van der Waals surface area contributed by atoms with Crippen LogP contribution in [0.2, 0.25) is 0 Å². The summed E-state index contributed by atoms with van der Waals surface area (Å²) in [6, 6.07) is 7.05. The molecular weight excluding hydrogens is 422 g/mol. The standard InChI is InChI=1S/C25H29N3O5/c1-3-16(4-2)26-23(30)19-12-27(17-7-5-6-8-18(17)33-19)20(29)13-28-24(31)21-14-9-10-15(11-14)22(21)25(28)32/h5-10,14-16,19,21-22H,3-4,11-13H2,1-2H3,(H,26,30). The molecule has 174 valence electrons. The summed E-state index contributed by atoms with van der Waals surface area (Å²) in [5.74, 6) is -1.22. The third kappa shape index (κ3) is 3.52. The van der Waals surface area contributed by atoms with Gasteiger partial charge in [-0.25, -0.2) is 0 Å². The maximum Gasteiger partial charge on any atom is 0.263 e. The van der Waals surface area contributed by atoms with Crippen molar-refractivity contribution >= 4 is 29.3 Å². The highest BCUT2D eigenvalue weighted by atomic mass is 16.5. The molecule has 1 aromatic carbocycles. The molecule has 5 atom stereocenters. The summed E-state index contributed by atoms with van der Waals surface area (Å²) in [6.45, 7) is 3.71. The first-order chi connectivity index (χ1) is 15.9. The van der Waals surface area contributed by atoms with Crippen LogP contribution in [0, 0.1) is 23.7 Å². The molecule has 8 nitrogen and oxygen atoms in total. The molecule has 4 aliphatic rings. The van der Waals surface area contributed by atoms with E-state index >= 15 is 0 Å². The lowest BCUT2D eigenvalue weighted by molar-refractivity contribution is -0.144. The highest BCUT2D eigenvalue weighted by Gasteiger charge is 2.59. The fourth-order valence-corrected chi connectivity index (χ4v) is 5.73. The number of amides is 4. The average molecular weight is 452 g/mol. The Morgan fingerprint density at radius 3 is 2.33 bits per heavy atom. The van der Waals surface area contributed by atoms with Crippen molar-refractivity contribution < 1.29 is 23.9 Å². The number of hydrogen-bond acceptors (Lipinski definition) is 5. The monoisotopic (exact) mass is 451 g/mol. The first kappa shape index (κ1) is 21.7. The lowest BCUT2D eigenvalue weighted by atomic mass is 9.85. The van der Waals surface area contributed by atoms with Gasteiger partial charge in [-0.3, -0.25) is 24.1 Å². The van der Waals surface area contributed by atoms with Gasteiger partial charge in [-0.15, -0.1) is 0 Å². The van der Waals surface area contributed by atoms with Crippen molar-refractivity contribution in [1.82, 2.24) is 10.2 Å². The summed E-state index contributed by atoms with van der Waals surface area (Å²) >= 11 is 0. The lowest BCUT2D eigenvalue weighted by Gasteiger charge is -2.35. The Balaban J connectivity index is 1.34. The summed E-state index contributed by atoms with van der Waals surface area (Å²) < 4.78 is 5.91. The molecule has 5 rings (SSSR count). The van der Waals surface area contributed by atoms with E-state index in [1.807, 2.05) is 26.0 Å². The van der Waals surface area contributed by atoms with Crippen LogP contribution < -0.4 is 15.0 Å². The van der Waals surface area contributed by atoms with Crippen molar-refractivity contribution in [2.75, 3.05) is 18.0 Å². The summed E-state index contributed by atoms with van der Waals surface area (Å²) in [7, 11) is 0. The van der Waals surface area contributed by atoms with Crippen LogP contribution >= 0.6 is 0 Å². The number of benzene rings is 1. The molecule has 4 amide bonds. The number of imide groups is 1. The van der Waals surface area contributed by atoms with Gasteiger partial charge in [0.05, 0.1) is 24.1 Å². The van der Waals surface area contributed by atoms with Crippen LogP contribution in [0.15, 0.2) is 36.4 Å². The van der Waals surface area contributed by atoms with E-state index in [2.05, 4.69) is 5.32 Å². The number of carbonyl (C=O) groups excluding carboxylic acids is 4. The first-order valence-electron chi connectivity index (χ1n) is 11.8. The van der Waals surface area contributed by atoms with E-state index in [0.29, 0.717) is 11.4 Å². The number of allylic oxidation sites excluding steroid dienone is 2. The molecule has 0 radical (unpaired) electrons. The lowest BCUT2D eigenvalue weighted by Crippen LogP contribution is -2.54. The molecule has 33 heavy (non-hydrogen) atoms. The fraction of sp³-hybridized carbons (Fsp3) is 0.520. The molecule has 0 spiro atoms. The molecule has 2 fully saturated rings. The first-order valence-corrected chi connectivity index (χ1v) is 11.8. The van der Waals surface area contributed by atoms with Crippen LogP contribution in [-0.4, -0.2) is 53.8 Å². The number of anilines is 1. The number of nitrogens with one attached hydrogen (secondary N) is 1.